The molecule has 0 aliphatic carbocycles. The van der Waals surface area contributed by atoms with Gasteiger partial charge < -0.3 is 11.0 Å². The number of carbonyl (C=O) groups excluding carboxylic acids is 1. The van der Waals surface area contributed by atoms with E-state index in [4.69, 9.17) is 7.85 Å². The Balaban J connectivity index is 0. The van der Waals surface area contributed by atoms with Crippen molar-refractivity contribution in [1.29, 1.82) is 0 Å². The van der Waals surface area contributed by atoms with E-state index in [1.54, 1.807) is 24.3 Å². The van der Waals surface area contributed by atoms with E-state index in [9.17, 15) is 4.79 Å². The standard InChI is InChI=1S/C8H7BO.2H2O/c1-6(10)7-2-4-8(9)5-3-7;;/h2-5H,1H3;2*1H2. The molecule has 64 valence electrons. The molecule has 0 atom stereocenters. The van der Waals surface area contributed by atoms with Gasteiger partial charge in [-0.2, -0.15) is 0 Å². The lowest BCUT2D eigenvalue weighted by Crippen LogP contribution is -2.02. The molecule has 4 heteroatoms. The van der Waals surface area contributed by atoms with Gasteiger partial charge in [-0.25, -0.2) is 0 Å². The van der Waals surface area contributed by atoms with Crippen LogP contribution in [0, 0.1) is 0 Å². The number of Topliss-reactive ketones (excluding diaryl/α,β-unsaturated/α-hetero) is 1. The van der Waals surface area contributed by atoms with Gasteiger partial charge in [0.1, 0.15) is 7.85 Å². The lowest BCUT2D eigenvalue weighted by Gasteiger charge is -1.94. The molecular weight excluding hydrogens is 155 g/mol. The average molecular weight is 166 g/mol. The maximum absolute atomic E-state index is 10.7. The van der Waals surface area contributed by atoms with Crippen LogP contribution >= 0.6 is 0 Å². The van der Waals surface area contributed by atoms with Crippen LogP contribution in [0.2, 0.25) is 0 Å². The molecule has 12 heavy (non-hydrogen) atoms. The number of ketones is 1. The summed E-state index contributed by atoms with van der Waals surface area (Å²) in [5.41, 5.74) is 1.39. The average Bonchev–Trinajstić information content (AvgIpc) is 1.88. The lowest BCUT2D eigenvalue weighted by atomic mass is 9.95. The van der Waals surface area contributed by atoms with Crippen LogP contribution < -0.4 is 5.46 Å². The third kappa shape index (κ3) is 3.32. The molecule has 1 aromatic rings. The van der Waals surface area contributed by atoms with Gasteiger partial charge in [0.15, 0.2) is 5.78 Å². The Hall–Kier alpha value is -1.13. The zero-order chi connectivity index (χ0) is 7.56. The van der Waals surface area contributed by atoms with E-state index in [2.05, 4.69) is 0 Å². The fourth-order valence-electron chi connectivity index (χ4n) is 0.718. The van der Waals surface area contributed by atoms with Crippen molar-refractivity contribution in [2.75, 3.05) is 0 Å². The van der Waals surface area contributed by atoms with Gasteiger partial charge >= 0.3 is 0 Å². The van der Waals surface area contributed by atoms with E-state index in [-0.39, 0.29) is 16.7 Å². The quantitative estimate of drug-likeness (QED) is 0.390. The molecule has 0 heterocycles. The van der Waals surface area contributed by atoms with Gasteiger partial charge in [0.05, 0.1) is 0 Å². The Morgan fingerprint density at radius 1 is 1.17 bits per heavy atom. The van der Waals surface area contributed by atoms with Gasteiger partial charge in [-0.15, -0.1) is 0 Å². The molecule has 0 aliphatic rings. The lowest BCUT2D eigenvalue weighted by molar-refractivity contribution is 0.101. The molecule has 0 aliphatic heterocycles. The predicted molar refractivity (Wildman–Crippen MR) is 49.1 cm³/mol. The van der Waals surface area contributed by atoms with E-state index < -0.39 is 0 Å². The Morgan fingerprint density at radius 3 is 1.92 bits per heavy atom. The van der Waals surface area contributed by atoms with Crippen LogP contribution in [0.3, 0.4) is 0 Å². The molecule has 1 rings (SSSR count). The summed E-state index contributed by atoms with van der Waals surface area (Å²) < 4.78 is 0. The third-order valence-corrected chi connectivity index (χ3v) is 1.32. The fourth-order valence-corrected chi connectivity index (χ4v) is 0.718. The summed E-state index contributed by atoms with van der Waals surface area (Å²) in [7, 11) is 5.42. The normalized spacial score (nSPS) is 7.75. The maximum atomic E-state index is 10.7. The number of carbonyl (C=O) groups is 1. The Labute approximate surface area is 72.4 Å². The molecule has 0 bridgehead atoms. The second-order valence-electron chi connectivity index (χ2n) is 2.18. The first kappa shape index (κ1) is 13.5. The summed E-state index contributed by atoms with van der Waals surface area (Å²) in [4.78, 5) is 10.7. The summed E-state index contributed by atoms with van der Waals surface area (Å²) in [6.45, 7) is 1.53. The minimum Gasteiger partial charge on any atom is -0.412 e. The van der Waals surface area contributed by atoms with Crippen molar-refractivity contribution in [3.63, 3.8) is 0 Å². The topological polar surface area (TPSA) is 80.1 Å². The number of rotatable bonds is 1. The molecule has 0 saturated heterocycles. The maximum Gasteiger partial charge on any atom is 0.159 e. The van der Waals surface area contributed by atoms with Gasteiger partial charge in [0.2, 0.25) is 0 Å². The number of hydrogen-bond donors (Lipinski definition) is 0. The minimum atomic E-state index is 0. The molecule has 2 radical (unpaired) electrons. The molecule has 0 aromatic heterocycles. The van der Waals surface area contributed by atoms with Crippen LogP contribution in [-0.4, -0.2) is 24.6 Å². The Kier molecular flexibility index (Phi) is 6.19. The second kappa shape index (κ2) is 5.52. The predicted octanol–water partition coefficient (Wildman–Crippen LogP) is -0.966. The Bertz CT molecular complexity index is 243. The molecule has 0 spiro atoms. The van der Waals surface area contributed by atoms with Gasteiger partial charge in [-0.05, 0) is 6.92 Å². The van der Waals surface area contributed by atoms with Crippen molar-refractivity contribution in [2.24, 2.45) is 0 Å². The van der Waals surface area contributed by atoms with Crippen LogP contribution in [0.5, 0.6) is 0 Å². The summed E-state index contributed by atoms with van der Waals surface area (Å²) >= 11 is 0. The van der Waals surface area contributed by atoms with Crippen molar-refractivity contribution in [3.8, 4) is 0 Å². The van der Waals surface area contributed by atoms with E-state index in [1.165, 1.54) is 6.92 Å². The number of benzene rings is 1. The molecule has 0 saturated carbocycles. The van der Waals surface area contributed by atoms with Crippen LogP contribution in [-0.2, 0) is 0 Å². The smallest absolute Gasteiger partial charge is 0.159 e. The minimum absolute atomic E-state index is 0. The highest BCUT2D eigenvalue weighted by Crippen LogP contribution is 1.96. The van der Waals surface area contributed by atoms with Crippen LogP contribution in [0.25, 0.3) is 0 Å². The van der Waals surface area contributed by atoms with Crippen LogP contribution in [0.15, 0.2) is 24.3 Å². The summed E-state index contributed by atoms with van der Waals surface area (Å²) in [6, 6.07) is 6.88. The second-order valence-corrected chi connectivity index (χ2v) is 2.18. The van der Waals surface area contributed by atoms with Crippen molar-refractivity contribution in [3.05, 3.63) is 29.8 Å². The van der Waals surface area contributed by atoms with Crippen LogP contribution in [0.1, 0.15) is 17.3 Å². The highest BCUT2D eigenvalue weighted by molar-refractivity contribution is 6.32. The highest BCUT2D eigenvalue weighted by atomic mass is 16.1. The zero-order valence-corrected chi connectivity index (χ0v) is 6.79. The van der Waals surface area contributed by atoms with Crippen molar-refractivity contribution in [1.82, 2.24) is 0 Å². The molecule has 0 unspecified atom stereocenters. The third-order valence-electron chi connectivity index (χ3n) is 1.32. The zero-order valence-electron chi connectivity index (χ0n) is 6.79. The first-order valence-electron chi connectivity index (χ1n) is 3.06. The molecule has 3 nitrogen and oxygen atoms in total. The SMILES string of the molecule is O.O.[B]c1ccc(C(C)=O)cc1. The van der Waals surface area contributed by atoms with Crippen molar-refractivity contribution < 1.29 is 15.7 Å². The first-order chi connectivity index (χ1) is 4.70. The highest BCUT2D eigenvalue weighted by Gasteiger charge is 1.94. The monoisotopic (exact) mass is 166 g/mol. The summed E-state index contributed by atoms with van der Waals surface area (Å²) in [5.74, 6) is 0.0694. The van der Waals surface area contributed by atoms with E-state index in [1.807, 2.05) is 0 Å². The number of hydrogen-bond acceptors (Lipinski definition) is 1. The van der Waals surface area contributed by atoms with Crippen LogP contribution in [0.4, 0.5) is 0 Å². The molecule has 1 aromatic carbocycles. The van der Waals surface area contributed by atoms with Gasteiger partial charge in [-0.3, -0.25) is 4.79 Å². The van der Waals surface area contributed by atoms with Crippen molar-refractivity contribution >= 4 is 19.1 Å². The molecular formula is C8H11BO3. The van der Waals surface area contributed by atoms with E-state index >= 15 is 0 Å². The summed E-state index contributed by atoms with van der Waals surface area (Å²) in [5, 5.41) is 0. The first-order valence-corrected chi connectivity index (χ1v) is 3.06. The molecule has 0 fully saturated rings. The van der Waals surface area contributed by atoms with Gasteiger partial charge in [0, 0.05) is 5.56 Å². The summed E-state index contributed by atoms with van der Waals surface area (Å²) in [6.07, 6.45) is 0. The van der Waals surface area contributed by atoms with E-state index in [0.717, 1.165) is 0 Å². The van der Waals surface area contributed by atoms with E-state index in [0.29, 0.717) is 11.0 Å². The molecule has 0 amide bonds. The van der Waals surface area contributed by atoms with Crippen molar-refractivity contribution in [2.45, 2.75) is 6.92 Å². The largest absolute Gasteiger partial charge is 0.412 e. The Morgan fingerprint density at radius 2 is 1.58 bits per heavy atom. The van der Waals surface area contributed by atoms with Gasteiger partial charge in [0.25, 0.3) is 0 Å². The fraction of sp³-hybridized carbons (Fsp3) is 0.125. The molecule has 4 N–H and O–H groups in total. The van der Waals surface area contributed by atoms with Gasteiger partial charge in [-0.1, -0.05) is 29.7 Å².